The minimum absolute atomic E-state index is 0.111. The van der Waals surface area contributed by atoms with Gasteiger partial charge in [-0.15, -0.1) is 0 Å². The van der Waals surface area contributed by atoms with Crippen molar-refractivity contribution in [1.82, 2.24) is 0 Å². The molecule has 390 valence electrons. The third-order valence-corrected chi connectivity index (χ3v) is 13.8. The summed E-state index contributed by atoms with van der Waals surface area (Å²) in [6.45, 7) is 0. The number of anilines is 6. The van der Waals surface area contributed by atoms with Crippen LogP contribution in [0.3, 0.4) is 0 Å². The number of benzene rings is 7. The highest BCUT2D eigenvalue weighted by Gasteiger charge is 2.22. The maximum Gasteiger partial charge on any atom is 0.294 e. The highest BCUT2D eigenvalue weighted by molar-refractivity contribution is 7.86. The van der Waals surface area contributed by atoms with E-state index in [4.69, 9.17) is 0 Å². The van der Waals surface area contributed by atoms with Crippen molar-refractivity contribution in [3.8, 4) is 0 Å². The Bertz CT molecular complexity index is 3570. The second kappa shape index (κ2) is 21.8. The van der Waals surface area contributed by atoms with E-state index >= 15 is 0 Å². The fourth-order valence-corrected chi connectivity index (χ4v) is 8.99. The van der Waals surface area contributed by atoms with E-state index in [9.17, 15) is 80.6 Å². The van der Waals surface area contributed by atoms with Crippen LogP contribution in [0.15, 0.2) is 177 Å². The summed E-state index contributed by atoms with van der Waals surface area (Å²) in [7, 11) is -18.8. The molecule has 6 amide bonds. The van der Waals surface area contributed by atoms with Gasteiger partial charge in [0.1, 0.15) is 0 Å². The van der Waals surface area contributed by atoms with Gasteiger partial charge in [-0.3, -0.25) is 47.0 Å². The maximum atomic E-state index is 13.9. The molecule has 0 spiro atoms. The number of hydrogen-bond acceptors (Lipinski definition) is 14. The van der Waals surface area contributed by atoms with Crippen LogP contribution in [0.1, 0.15) is 62.1 Å². The normalized spacial score (nSPS) is 11.6. The van der Waals surface area contributed by atoms with E-state index in [1.165, 1.54) is 66.7 Å². The number of rotatable bonds is 16. The first-order valence-electron chi connectivity index (χ1n) is 21.2. The van der Waals surface area contributed by atoms with Gasteiger partial charge in [-0.2, -0.15) is 33.7 Å². The Kier molecular flexibility index (Phi) is 15.7. The summed E-state index contributed by atoms with van der Waals surface area (Å²) in [4.78, 5) is 79.9. The molecule has 7 aromatic rings. The van der Waals surface area contributed by atoms with E-state index in [0.29, 0.717) is 0 Å². The smallest absolute Gasteiger partial charge is 0.294 e. The molecular weight excluding hydrogens is 1080 g/mol. The third-order valence-electron chi connectivity index (χ3n) is 10.4. The number of nitrogens with one attached hydrogen (secondary N) is 6. The average Bonchev–Trinajstić information content (AvgIpc) is 3.35. The van der Waals surface area contributed by atoms with Gasteiger partial charge in [-0.25, -0.2) is 0 Å². The predicted octanol–water partition coefficient (Wildman–Crippen LogP) is 6.19. The Morgan fingerprint density at radius 2 is 0.447 bits per heavy atom. The maximum absolute atomic E-state index is 13.9. The number of amides is 6. The monoisotopic (exact) mass is 1110 g/mol. The van der Waals surface area contributed by atoms with Crippen LogP contribution in [0.25, 0.3) is 0 Å². The van der Waals surface area contributed by atoms with Crippen molar-refractivity contribution in [3.05, 3.63) is 191 Å². The van der Waals surface area contributed by atoms with Crippen LogP contribution >= 0.6 is 0 Å². The zero-order valence-corrected chi connectivity index (χ0v) is 41.4. The first-order valence-corrected chi connectivity index (χ1v) is 26.9. The van der Waals surface area contributed by atoms with Crippen molar-refractivity contribution < 1.29 is 80.6 Å². The molecule has 0 saturated heterocycles. The van der Waals surface area contributed by atoms with Gasteiger partial charge in [0, 0.05) is 67.5 Å². The summed E-state index contributed by atoms with van der Waals surface area (Å²) in [5.41, 5.74) is -2.44. The summed E-state index contributed by atoms with van der Waals surface area (Å²) in [6, 6.07) is 29.6. The molecule has 0 fully saturated rings. The van der Waals surface area contributed by atoms with Crippen LogP contribution in [0.4, 0.5) is 34.1 Å². The first-order chi connectivity index (χ1) is 35.6. The largest absolute Gasteiger partial charge is 0.322 e. The zero-order chi connectivity index (χ0) is 55.3. The summed E-state index contributed by atoms with van der Waals surface area (Å²) >= 11 is 0. The van der Waals surface area contributed by atoms with E-state index in [1.807, 2.05) is 0 Å². The molecule has 28 heteroatoms. The second-order valence-electron chi connectivity index (χ2n) is 15.9. The molecule has 0 unspecified atom stereocenters. The van der Waals surface area contributed by atoms with Gasteiger partial charge in [0.25, 0.3) is 75.9 Å². The van der Waals surface area contributed by atoms with Crippen molar-refractivity contribution >= 4 is 110 Å². The average molecular weight is 1110 g/mol. The number of carbonyl (C=O) groups excluding carboxylic acids is 6. The molecule has 0 aliphatic heterocycles. The van der Waals surface area contributed by atoms with Crippen LogP contribution in [-0.2, 0) is 40.5 Å². The van der Waals surface area contributed by atoms with Crippen LogP contribution in [-0.4, -0.2) is 87.3 Å². The highest BCUT2D eigenvalue weighted by Crippen LogP contribution is 2.25. The van der Waals surface area contributed by atoms with Crippen molar-refractivity contribution in [2.45, 2.75) is 19.6 Å². The van der Waals surface area contributed by atoms with Crippen LogP contribution in [0.2, 0.25) is 0 Å². The lowest BCUT2D eigenvalue weighted by Crippen LogP contribution is -2.19. The molecule has 0 heterocycles. The van der Waals surface area contributed by atoms with Crippen molar-refractivity contribution in [2.24, 2.45) is 0 Å². The number of hydrogen-bond donors (Lipinski definition) is 10. The zero-order valence-electron chi connectivity index (χ0n) is 38.1. The Labute approximate surface area is 431 Å². The molecule has 24 nitrogen and oxygen atoms in total. The molecule has 0 radical (unpaired) electrons. The molecule has 0 atom stereocenters. The lowest BCUT2D eigenvalue weighted by Gasteiger charge is -2.14. The van der Waals surface area contributed by atoms with Gasteiger partial charge in [0.05, 0.1) is 19.6 Å². The van der Waals surface area contributed by atoms with E-state index in [-0.39, 0.29) is 67.5 Å². The van der Waals surface area contributed by atoms with Gasteiger partial charge in [-0.05, 0) is 127 Å². The highest BCUT2D eigenvalue weighted by atomic mass is 32.2. The van der Waals surface area contributed by atoms with Crippen LogP contribution < -0.4 is 31.9 Å². The van der Waals surface area contributed by atoms with Gasteiger partial charge < -0.3 is 31.9 Å². The molecular formula is C48H36N6O18S4. The summed E-state index contributed by atoms with van der Waals surface area (Å²) < 4.78 is 132. The molecule has 0 aromatic heterocycles. The van der Waals surface area contributed by atoms with Gasteiger partial charge in [0.2, 0.25) is 0 Å². The lowest BCUT2D eigenvalue weighted by atomic mass is 10.1. The first kappa shape index (κ1) is 54.8. The van der Waals surface area contributed by atoms with E-state index in [0.717, 1.165) is 91.0 Å². The summed E-state index contributed by atoms with van der Waals surface area (Å²) in [6.07, 6.45) is 0. The molecule has 0 aliphatic rings. The molecule has 76 heavy (non-hydrogen) atoms. The Hall–Kier alpha value is -9.00. The third kappa shape index (κ3) is 14.2. The SMILES string of the molecule is O=C(Nc1cc(C(=O)Nc2cccc(S(=O)(=O)O)c2)cc(C(=O)Nc2cccc(S(=O)(=O)O)c2)c1)c1cccc(C(=O)Nc2cc(C(=O)Nc3cccc(S(=O)(=O)O)c3)cc(C(=O)Nc3cccc(S(=O)(=O)O)c3)c2)c1. The van der Waals surface area contributed by atoms with Gasteiger partial charge >= 0.3 is 0 Å². The quantitative estimate of drug-likeness (QED) is 0.0482. The topological polar surface area (TPSA) is 392 Å². The van der Waals surface area contributed by atoms with Gasteiger partial charge in [0.15, 0.2) is 0 Å². The van der Waals surface area contributed by atoms with Crippen LogP contribution in [0.5, 0.6) is 0 Å². The van der Waals surface area contributed by atoms with Crippen molar-refractivity contribution in [3.63, 3.8) is 0 Å². The molecule has 10 N–H and O–H groups in total. The molecule has 0 aliphatic carbocycles. The standard InChI is InChI=1S/C48H36N6O18S4/c55-43(53-37-19-29(45(57)49-33-8-2-12-39(23-33)73(61,62)63)17-30(20-37)46(58)50-34-9-3-13-40(24-34)74(64,65)66)27-6-1-7-28(16-27)44(56)54-38-21-31(47(59)51-35-10-4-14-41(25-35)75(67,68)69)18-32(22-38)48(60)52-36-11-5-15-42(26-36)76(70,71)72/h1-26H,(H,49,57)(H,50,58)(H,51,59)(H,52,60)(H,53,55)(H,54,56)(H,61,62,63)(H,64,65,66)(H,67,68,69)(H,70,71,72). The fraction of sp³-hybridized carbons (Fsp3) is 0. The van der Waals surface area contributed by atoms with Crippen LogP contribution in [0, 0.1) is 0 Å². The van der Waals surface area contributed by atoms with Gasteiger partial charge in [-0.1, -0.05) is 30.3 Å². The fourth-order valence-electron chi connectivity index (χ4n) is 6.88. The number of carbonyl (C=O) groups is 6. The van der Waals surface area contributed by atoms with Crippen molar-refractivity contribution in [1.29, 1.82) is 0 Å². The second-order valence-corrected chi connectivity index (χ2v) is 21.6. The minimum Gasteiger partial charge on any atom is -0.322 e. The molecule has 0 bridgehead atoms. The van der Waals surface area contributed by atoms with E-state index in [2.05, 4.69) is 31.9 Å². The Morgan fingerprint density at radius 3 is 0.684 bits per heavy atom. The minimum atomic E-state index is -4.70. The molecule has 7 aromatic carbocycles. The predicted molar refractivity (Wildman–Crippen MR) is 272 cm³/mol. The van der Waals surface area contributed by atoms with E-state index < -0.39 is 95.5 Å². The Balaban J connectivity index is 1.17. The molecule has 0 saturated carbocycles. The molecule has 7 rings (SSSR count). The summed E-state index contributed by atoms with van der Waals surface area (Å²) in [5.74, 6) is -5.66. The van der Waals surface area contributed by atoms with Crippen molar-refractivity contribution in [2.75, 3.05) is 31.9 Å². The lowest BCUT2D eigenvalue weighted by molar-refractivity contribution is 0.100. The summed E-state index contributed by atoms with van der Waals surface area (Å²) in [5, 5.41) is 14.7. The van der Waals surface area contributed by atoms with E-state index in [1.54, 1.807) is 0 Å². The Morgan fingerprint density at radius 1 is 0.250 bits per heavy atom.